The average Bonchev–Trinajstić information content (AvgIpc) is 3.86. The van der Waals surface area contributed by atoms with Gasteiger partial charge >= 0.3 is 0 Å². The number of carbonyl (C=O) groups excluding carboxylic acids is 2. The molecule has 4 N–H and O–H groups in total. The second-order valence-corrected chi connectivity index (χ2v) is 21.8. The molecule has 12 nitrogen and oxygen atoms in total. The maximum absolute atomic E-state index is 14.7. The number of anilines is 2. The number of nitrogens with zero attached hydrogens (tertiary/aromatic N) is 4. The van der Waals surface area contributed by atoms with E-state index in [1.165, 1.54) is 14.2 Å². The van der Waals surface area contributed by atoms with Gasteiger partial charge in [-0.05, 0) is 48.0 Å². The van der Waals surface area contributed by atoms with Gasteiger partial charge in [0, 0.05) is 75.6 Å². The van der Waals surface area contributed by atoms with Crippen molar-refractivity contribution in [3.8, 4) is 23.0 Å². The van der Waals surface area contributed by atoms with E-state index >= 15 is 0 Å². The van der Waals surface area contributed by atoms with Crippen LogP contribution in [0.3, 0.4) is 0 Å². The lowest BCUT2D eigenvalue weighted by atomic mass is 10.1. The number of nitrogen functional groups attached to an aromatic ring is 2. The Labute approximate surface area is 384 Å². The molecule has 4 atom stereocenters. The maximum atomic E-state index is 14.7. The summed E-state index contributed by atoms with van der Waals surface area (Å²) in [5.41, 5.74) is 14.1. The zero-order valence-electron chi connectivity index (χ0n) is 37.3. The van der Waals surface area contributed by atoms with Crippen LogP contribution < -0.4 is 30.4 Å². The van der Waals surface area contributed by atoms with E-state index in [1.807, 2.05) is 0 Å². The normalized spacial score (nSPS) is 21.0. The highest BCUT2D eigenvalue weighted by atomic mass is 32.2. The molecule has 3 heterocycles. The highest BCUT2D eigenvalue weighted by molar-refractivity contribution is 8.17. The Morgan fingerprint density at radius 2 is 0.984 bits per heavy atom. The van der Waals surface area contributed by atoms with Crippen LogP contribution >= 0.6 is 47.0 Å². The highest BCUT2D eigenvalue weighted by Crippen LogP contribution is 2.41. The van der Waals surface area contributed by atoms with E-state index < -0.39 is 12.3 Å². The Balaban J connectivity index is 1.04. The number of alkyl halides is 2. The van der Waals surface area contributed by atoms with Gasteiger partial charge in [0.15, 0.2) is 23.0 Å². The molecule has 3 fully saturated rings. The van der Waals surface area contributed by atoms with Gasteiger partial charge in [0.1, 0.15) is 12.3 Å². The maximum Gasteiger partial charge on any atom is 0.256 e. The Bertz CT molecular complexity index is 1610. The fraction of sp³-hybridized carbons (Fsp3) is 0.682. The summed E-state index contributed by atoms with van der Waals surface area (Å²) in [6, 6.07) is 6.13. The molecule has 62 heavy (non-hydrogen) atoms. The number of methoxy groups -OCH3 is 2. The van der Waals surface area contributed by atoms with E-state index in [4.69, 9.17) is 30.4 Å². The minimum atomic E-state index is -1.06. The largest absolute Gasteiger partial charge is 0.493 e. The van der Waals surface area contributed by atoms with Crippen molar-refractivity contribution in [2.45, 2.75) is 87.0 Å². The van der Waals surface area contributed by atoms with Crippen LogP contribution in [-0.4, -0.2) is 168 Å². The first-order valence-corrected chi connectivity index (χ1v) is 26.2. The number of piperazine rings is 1. The number of halogens is 2. The Morgan fingerprint density at radius 3 is 1.31 bits per heavy atom. The van der Waals surface area contributed by atoms with Crippen LogP contribution in [0, 0.1) is 0 Å². The minimum absolute atomic E-state index is 0.0616. The quantitative estimate of drug-likeness (QED) is 0.0611. The number of carbonyl (C=O) groups is 2. The molecule has 348 valence electrons. The molecule has 0 radical (unpaired) electrons. The van der Waals surface area contributed by atoms with Crippen LogP contribution in [0.2, 0.25) is 0 Å². The van der Waals surface area contributed by atoms with Gasteiger partial charge < -0.3 is 50.0 Å². The molecule has 0 aliphatic carbocycles. The molecule has 5 rings (SSSR count). The molecule has 0 saturated carbocycles. The smallest absolute Gasteiger partial charge is 0.256 e. The van der Waals surface area contributed by atoms with Crippen LogP contribution in [0.5, 0.6) is 23.0 Å². The molecule has 3 aliphatic heterocycles. The molecule has 3 aliphatic rings. The third-order valence-electron chi connectivity index (χ3n) is 11.4. The number of rotatable bonds is 24. The molecule has 0 spiro atoms. The van der Waals surface area contributed by atoms with E-state index in [9.17, 15) is 18.4 Å². The number of benzene rings is 2. The molecule has 0 aromatic heterocycles. The number of thioether (sulfide) groups is 4. The Morgan fingerprint density at radius 1 is 0.629 bits per heavy atom. The first kappa shape index (κ1) is 50.4. The monoisotopic (exact) mass is 942 g/mol. The van der Waals surface area contributed by atoms with Crippen LogP contribution in [0.1, 0.15) is 74.1 Å². The number of nitrogens with two attached hydrogens (primary N) is 2. The molecule has 18 heteroatoms. The molecule has 2 amide bonds. The summed E-state index contributed by atoms with van der Waals surface area (Å²) in [4.78, 5) is 35.7. The molecular weight excluding hydrogens is 875 g/mol. The molecule has 0 bridgehead atoms. The first-order chi connectivity index (χ1) is 30.0. The van der Waals surface area contributed by atoms with Gasteiger partial charge in [-0.2, -0.15) is 0 Å². The average molecular weight is 943 g/mol. The predicted octanol–water partition coefficient (Wildman–Crippen LogP) is 7.49. The number of hydrogen-bond donors (Lipinski definition) is 2. The second-order valence-electron chi connectivity index (χ2n) is 15.5. The zero-order valence-corrected chi connectivity index (χ0v) is 40.5. The standard InChI is InChI=1S/C44H68F2N6O6S4/c1-7-59-43(60-8-2)35-21-29(45)27-51(35)41(53)31-23-37(55-5)39(25-33(31)47)57-19-11-13-49-15-17-50(18-16-49)14-12-20-58-40-26-34(48)32(24-38(40)56-6)42(54)52-28-30(46)22-36(52)44(61-9-3)62-10-4/h23-26,29-30,35-36,43-44H,7-22,27-28,47-48H2,1-6H3/t29?,30?,35-,36-/m0/s1. The van der Waals surface area contributed by atoms with Crippen molar-refractivity contribution in [2.75, 3.05) is 114 Å². The van der Waals surface area contributed by atoms with Gasteiger partial charge in [-0.1, -0.05) is 27.7 Å². The van der Waals surface area contributed by atoms with E-state index in [-0.39, 0.29) is 57.5 Å². The first-order valence-electron chi connectivity index (χ1n) is 22.0. The van der Waals surface area contributed by atoms with Crippen LogP contribution in [0.15, 0.2) is 24.3 Å². The van der Waals surface area contributed by atoms with Gasteiger partial charge in [-0.15, -0.1) is 47.0 Å². The molecule has 2 aromatic carbocycles. The van der Waals surface area contributed by atoms with Gasteiger partial charge in [0.05, 0.1) is 72.9 Å². The number of ether oxygens (including phenoxy) is 4. The van der Waals surface area contributed by atoms with Crippen molar-refractivity contribution in [2.24, 2.45) is 0 Å². The van der Waals surface area contributed by atoms with Crippen LogP contribution in [0.4, 0.5) is 20.2 Å². The molecule has 2 unspecified atom stereocenters. The predicted molar refractivity (Wildman–Crippen MR) is 257 cm³/mol. The lowest BCUT2D eigenvalue weighted by molar-refractivity contribution is 0.0731. The number of amides is 2. The third kappa shape index (κ3) is 13.2. The van der Waals surface area contributed by atoms with Gasteiger partial charge in [0.2, 0.25) is 0 Å². The summed E-state index contributed by atoms with van der Waals surface area (Å²) in [5.74, 6) is 4.82. The van der Waals surface area contributed by atoms with Crippen molar-refractivity contribution >= 4 is 70.2 Å². The summed E-state index contributed by atoms with van der Waals surface area (Å²) in [7, 11) is 3.08. The minimum Gasteiger partial charge on any atom is -0.493 e. The third-order valence-corrected chi connectivity index (χ3v) is 16.9. The zero-order chi connectivity index (χ0) is 44.8. The van der Waals surface area contributed by atoms with Gasteiger partial charge in [-0.3, -0.25) is 9.59 Å². The van der Waals surface area contributed by atoms with E-state index in [2.05, 4.69) is 37.5 Å². The van der Waals surface area contributed by atoms with Crippen LogP contribution in [-0.2, 0) is 0 Å². The van der Waals surface area contributed by atoms with Gasteiger partial charge in [-0.25, -0.2) is 8.78 Å². The fourth-order valence-electron chi connectivity index (χ4n) is 8.36. The van der Waals surface area contributed by atoms with Gasteiger partial charge in [0.25, 0.3) is 11.8 Å². The fourth-order valence-corrected chi connectivity index (χ4v) is 14.0. The number of likely N-dealkylation sites (tertiary alicyclic amines) is 2. The van der Waals surface area contributed by atoms with Crippen molar-refractivity contribution in [1.82, 2.24) is 19.6 Å². The second kappa shape index (κ2) is 25.2. The van der Waals surface area contributed by atoms with E-state index in [0.717, 1.165) is 75.1 Å². The van der Waals surface area contributed by atoms with Crippen molar-refractivity contribution < 1.29 is 37.3 Å². The summed E-state index contributed by atoms with van der Waals surface area (Å²) >= 11 is 7.02. The lowest BCUT2D eigenvalue weighted by Crippen LogP contribution is -2.47. The summed E-state index contributed by atoms with van der Waals surface area (Å²) in [6.45, 7) is 14.9. The SMILES string of the molecule is CCSC(SCC)[C@@H]1CC(F)CN1C(=O)c1cc(OC)c(OCCCN2CCN(CCCOc3cc(N)c(C(=O)N4CC(F)C[C@H]4C(SCC)SCC)cc3OC)CC2)cc1N. The molecule has 3 saturated heterocycles. The van der Waals surface area contributed by atoms with E-state index in [1.54, 1.807) is 81.1 Å². The van der Waals surface area contributed by atoms with Crippen molar-refractivity contribution in [3.05, 3.63) is 35.4 Å². The van der Waals surface area contributed by atoms with Crippen molar-refractivity contribution in [1.29, 1.82) is 0 Å². The summed E-state index contributed by atoms with van der Waals surface area (Å²) < 4.78 is 53.1. The number of hydrogen-bond acceptors (Lipinski definition) is 14. The summed E-state index contributed by atoms with van der Waals surface area (Å²) in [5, 5.41) is 0. The highest BCUT2D eigenvalue weighted by Gasteiger charge is 2.42. The summed E-state index contributed by atoms with van der Waals surface area (Å²) in [6.07, 6.45) is 0.140. The Kier molecular flexibility index (Phi) is 20.4. The van der Waals surface area contributed by atoms with Crippen molar-refractivity contribution in [3.63, 3.8) is 0 Å². The van der Waals surface area contributed by atoms with Crippen LogP contribution in [0.25, 0.3) is 0 Å². The Hall–Kier alpha value is -2.64. The molecule has 2 aromatic rings. The topological polar surface area (TPSA) is 136 Å². The lowest BCUT2D eigenvalue weighted by Gasteiger charge is -2.34. The van der Waals surface area contributed by atoms with E-state index in [0.29, 0.717) is 60.2 Å². The molecular formula is C44H68F2N6O6S4.